The Labute approximate surface area is 149 Å². The Kier molecular flexibility index (Phi) is 6.04. The summed E-state index contributed by atoms with van der Waals surface area (Å²) >= 11 is 0. The number of hydrogen-bond donors (Lipinski definition) is 0. The molecule has 6 heteroatoms. The van der Waals surface area contributed by atoms with Crippen molar-refractivity contribution in [1.29, 1.82) is 0 Å². The summed E-state index contributed by atoms with van der Waals surface area (Å²) in [7, 11) is 5.58. The number of ether oxygens (including phenoxy) is 2. The molecule has 0 amide bonds. The fourth-order valence-electron chi connectivity index (χ4n) is 3.38. The summed E-state index contributed by atoms with van der Waals surface area (Å²) in [6.07, 6.45) is 5.62. The molecule has 6 nitrogen and oxygen atoms in total. The molecule has 1 aromatic carbocycles. The number of methoxy groups -OCH3 is 2. The van der Waals surface area contributed by atoms with Gasteiger partial charge in [-0.2, -0.15) is 5.10 Å². The fourth-order valence-corrected chi connectivity index (χ4v) is 3.38. The molecule has 1 atom stereocenters. The zero-order valence-corrected chi connectivity index (χ0v) is 15.4. The van der Waals surface area contributed by atoms with Crippen molar-refractivity contribution >= 4 is 0 Å². The predicted molar refractivity (Wildman–Crippen MR) is 97.3 cm³/mol. The van der Waals surface area contributed by atoms with Crippen LogP contribution >= 0.6 is 0 Å². The molecule has 3 rings (SSSR count). The molecule has 1 unspecified atom stereocenters. The molecule has 0 radical (unpaired) electrons. The number of benzene rings is 1. The second-order valence-electron chi connectivity index (χ2n) is 6.58. The lowest BCUT2D eigenvalue weighted by molar-refractivity contribution is 0.200. The van der Waals surface area contributed by atoms with E-state index in [4.69, 9.17) is 19.6 Å². The normalized spacial score (nSPS) is 18.9. The Morgan fingerprint density at radius 1 is 1.12 bits per heavy atom. The SMILES string of the molecule is COCCc1nc(C2CCCCCN2C)n(-c2ccc(OC)cc2)n1. The van der Waals surface area contributed by atoms with Gasteiger partial charge in [0.15, 0.2) is 5.82 Å². The Hall–Kier alpha value is -1.92. The van der Waals surface area contributed by atoms with E-state index in [0.29, 0.717) is 12.6 Å². The molecule has 2 aromatic rings. The molecule has 0 N–H and O–H groups in total. The van der Waals surface area contributed by atoms with Gasteiger partial charge in [0.1, 0.15) is 11.6 Å². The molecule has 136 valence electrons. The standard InChI is InChI=1S/C19H28N4O2/c1-22-13-6-4-5-7-17(22)19-20-18(12-14-24-2)21-23(19)15-8-10-16(25-3)11-9-15/h8-11,17H,4-7,12-14H2,1-3H3. The minimum atomic E-state index is 0.299. The fraction of sp³-hybridized carbons (Fsp3) is 0.579. The smallest absolute Gasteiger partial charge is 0.153 e. The van der Waals surface area contributed by atoms with Crippen LogP contribution in [-0.2, 0) is 11.2 Å². The van der Waals surface area contributed by atoms with Crippen molar-refractivity contribution in [3.05, 3.63) is 35.9 Å². The number of hydrogen-bond acceptors (Lipinski definition) is 5. The molecule has 25 heavy (non-hydrogen) atoms. The van der Waals surface area contributed by atoms with Crippen molar-refractivity contribution in [3.8, 4) is 11.4 Å². The summed E-state index contributed by atoms with van der Waals surface area (Å²) in [5.41, 5.74) is 1.02. The molecule has 0 bridgehead atoms. The molecule has 1 aromatic heterocycles. The minimum Gasteiger partial charge on any atom is -0.497 e. The largest absolute Gasteiger partial charge is 0.497 e. The van der Waals surface area contributed by atoms with E-state index >= 15 is 0 Å². The Bertz CT molecular complexity index is 669. The third-order valence-corrected chi connectivity index (χ3v) is 4.84. The van der Waals surface area contributed by atoms with Crippen LogP contribution in [0.2, 0.25) is 0 Å². The highest BCUT2D eigenvalue weighted by molar-refractivity contribution is 5.37. The third-order valence-electron chi connectivity index (χ3n) is 4.84. The quantitative estimate of drug-likeness (QED) is 0.806. The first kappa shape index (κ1) is 17.9. The molecule has 1 aliphatic rings. The molecule has 1 fully saturated rings. The van der Waals surface area contributed by atoms with E-state index in [9.17, 15) is 0 Å². The summed E-state index contributed by atoms with van der Waals surface area (Å²) in [6.45, 7) is 1.74. The van der Waals surface area contributed by atoms with Crippen LogP contribution in [0.15, 0.2) is 24.3 Å². The van der Waals surface area contributed by atoms with Crippen LogP contribution in [0.4, 0.5) is 0 Å². The first-order valence-electron chi connectivity index (χ1n) is 9.02. The zero-order valence-electron chi connectivity index (χ0n) is 15.4. The van der Waals surface area contributed by atoms with Gasteiger partial charge in [-0.15, -0.1) is 0 Å². The van der Waals surface area contributed by atoms with Crippen LogP contribution in [0.1, 0.15) is 43.4 Å². The van der Waals surface area contributed by atoms with Crippen molar-refractivity contribution in [2.24, 2.45) is 0 Å². The molecule has 0 saturated carbocycles. The average Bonchev–Trinajstić information content (AvgIpc) is 2.94. The van der Waals surface area contributed by atoms with Crippen LogP contribution < -0.4 is 4.74 Å². The third kappa shape index (κ3) is 4.19. The highest BCUT2D eigenvalue weighted by atomic mass is 16.5. The van der Waals surface area contributed by atoms with E-state index in [1.807, 2.05) is 28.9 Å². The van der Waals surface area contributed by atoms with E-state index in [2.05, 4.69) is 11.9 Å². The maximum absolute atomic E-state index is 5.27. The van der Waals surface area contributed by atoms with Gasteiger partial charge in [0.25, 0.3) is 0 Å². The van der Waals surface area contributed by atoms with Crippen LogP contribution in [0.5, 0.6) is 5.75 Å². The Morgan fingerprint density at radius 3 is 2.64 bits per heavy atom. The van der Waals surface area contributed by atoms with E-state index in [-0.39, 0.29) is 0 Å². The Balaban J connectivity index is 1.97. The number of rotatable bonds is 6. The van der Waals surface area contributed by atoms with Gasteiger partial charge in [0, 0.05) is 13.5 Å². The topological polar surface area (TPSA) is 52.4 Å². The first-order valence-corrected chi connectivity index (χ1v) is 9.02. The number of nitrogens with zero attached hydrogens (tertiary/aromatic N) is 4. The van der Waals surface area contributed by atoms with Crippen molar-refractivity contribution in [2.45, 2.75) is 38.1 Å². The van der Waals surface area contributed by atoms with Gasteiger partial charge in [-0.05, 0) is 50.7 Å². The van der Waals surface area contributed by atoms with Gasteiger partial charge < -0.3 is 9.47 Å². The maximum Gasteiger partial charge on any atom is 0.153 e. The van der Waals surface area contributed by atoms with E-state index < -0.39 is 0 Å². The van der Waals surface area contributed by atoms with E-state index in [1.165, 1.54) is 19.3 Å². The zero-order chi connectivity index (χ0) is 17.6. The van der Waals surface area contributed by atoms with Gasteiger partial charge in [0.2, 0.25) is 0 Å². The van der Waals surface area contributed by atoms with Crippen molar-refractivity contribution in [2.75, 3.05) is 34.4 Å². The van der Waals surface area contributed by atoms with Crippen molar-refractivity contribution < 1.29 is 9.47 Å². The monoisotopic (exact) mass is 344 g/mol. The Morgan fingerprint density at radius 2 is 1.92 bits per heavy atom. The van der Waals surface area contributed by atoms with E-state index in [0.717, 1.165) is 42.5 Å². The minimum absolute atomic E-state index is 0.299. The second-order valence-corrected chi connectivity index (χ2v) is 6.58. The van der Waals surface area contributed by atoms with Crippen LogP contribution in [0.3, 0.4) is 0 Å². The van der Waals surface area contributed by atoms with Crippen LogP contribution in [-0.4, -0.2) is 54.1 Å². The van der Waals surface area contributed by atoms with Gasteiger partial charge in [-0.1, -0.05) is 12.8 Å². The summed E-state index contributed by atoms with van der Waals surface area (Å²) < 4.78 is 12.5. The lowest BCUT2D eigenvalue weighted by Crippen LogP contribution is -2.26. The van der Waals surface area contributed by atoms with Crippen molar-refractivity contribution in [3.63, 3.8) is 0 Å². The highest BCUT2D eigenvalue weighted by Crippen LogP contribution is 2.29. The van der Waals surface area contributed by atoms with Gasteiger partial charge >= 0.3 is 0 Å². The average molecular weight is 344 g/mol. The summed E-state index contributed by atoms with van der Waals surface area (Å²) in [6, 6.07) is 8.30. The molecule has 1 saturated heterocycles. The van der Waals surface area contributed by atoms with Crippen LogP contribution in [0.25, 0.3) is 5.69 Å². The van der Waals surface area contributed by atoms with E-state index in [1.54, 1.807) is 14.2 Å². The maximum atomic E-state index is 5.27. The lowest BCUT2D eigenvalue weighted by Gasteiger charge is -2.25. The molecule has 0 aliphatic carbocycles. The molecule has 2 heterocycles. The molecular formula is C19H28N4O2. The van der Waals surface area contributed by atoms with Gasteiger partial charge in [0.05, 0.1) is 25.4 Å². The lowest BCUT2D eigenvalue weighted by atomic mass is 10.1. The summed E-state index contributed by atoms with van der Waals surface area (Å²) in [5, 5.41) is 4.77. The molecular weight excluding hydrogens is 316 g/mol. The van der Waals surface area contributed by atoms with Crippen LogP contribution in [0, 0.1) is 0 Å². The van der Waals surface area contributed by atoms with Gasteiger partial charge in [-0.3, -0.25) is 4.90 Å². The van der Waals surface area contributed by atoms with Crippen molar-refractivity contribution in [1.82, 2.24) is 19.7 Å². The first-order chi connectivity index (χ1) is 12.2. The number of aromatic nitrogens is 3. The highest BCUT2D eigenvalue weighted by Gasteiger charge is 2.26. The molecule has 1 aliphatic heterocycles. The summed E-state index contributed by atoms with van der Waals surface area (Å²) in [5.74, 6) is 2.71. The van der Waals surface area contributed by atoms with Gasteiger partial charge in [-0.25, -0.2) is 9.67 Å². The second kappa shape index (κ2) is 8.45. The predicted octanol–water partition coefficient (Wildman–Crippen LogP) is 3.01. The number of likely N-dealkylation sites (tertiary alicyclic amines) is 1. The summed E-state index contributed by atoms with van der Waals surface area (Å²) in [4.78, 5) is 7.30. The molecule has 0 spiro atoms.